The highest BCUT2D eigenvalue weighted by Gasteiger charge is 1.45. The van der Waals surface area contributed by atoms with Crippen LogP contribution in [0.25, 0.3) is 0 Å². The minimum absolute atomic E-state index is 0.931. The smallest absolute Gasteiger partial charge is 0.129 e. The molecule has 0 radical (unpaired) electrons. The first kappa shape index (κ1) is 10.2. The highest BCUT2D eigenvalue weighted by Crippen LogP contribution is 1.66. The molecule has 0 unspecified atom stereocenters. The minimum atomic E-state index is 0.931. The van der Waals surface area contributed by atoms with Gasteiger partial charge in [0.15, 0.2) is 0 Å². The lowest BCUT2D eigenvalue weighted by atomic mass is 10.5. The normalized spacial score (nSPS) is 7.00. The Morgan fingerprint density at radius 2 is 1.86 bits per heavy atom. The molecule has 0 aliphatic rings. The molecule has 0 N–H and O–H groups in total. The first-order chi connectivity index (χ1) is 3.33. The lowest BCUT2D eigenvalue weighted by molar-refractivity contribution is 0.690. The Kier molecular flexibility index (Phi) is 23.9. The predicted octanol–water partition coefficient (Wildman–Crippen LogP) is -0.854. The Hall–Kier alpha value is 0.134. The molecule has 1 nitrogen and oxygen atoms in total. The van der Waals surface area contributed by atoms with Crippen molar-refractivity contribution in [3.8, 4) is 0 Å². The fourth-order valence-corrected chi connectivity index (χ4v) is 0. The third-order valence-electron chi connectivity index (χ3n) is 0.289. The largest absolute Gasteiger partial charge is 0.471 e. The Morgan fingerprint density at radius 3 is 1.86 bits per heavy atom. The fourth-order valence-electron chi connectivity index (χ4n) is 0. The molecular formula is C4H14OSi2. The molecule has 0 aromatic carbocycles. The number of hydrogen-bond donors (Lipinski definition) is 0. The predicted molar refractivity (Wildman–Crippen MR) is 41.5 cm³/mol. The Morgan fingerprint density at radius 1 is 1.71 bits per heavy atom. The van der Waals surface area contributed by atoms with Gasteiger partial charge in [-0.1, -0.05) is 13.0 Å². The maximum Gasteiger partial charge on any atom is 0.129 e. The minimum Gasteiger partial charge on any atom is -0.471 e. The van der Waals surface area contributed by atoms with Crippen molar-refractivity contribution in [2.75, 3.05) is 0 Å². The van der Waals surface area contributed by atoms with Gasteiger partial charge >= 0.3 is 0 Å². The molecule has 0 bridgehead atoms. The van der Waals surface area contributed by atoms with Gasteiger partial charge < -0.3 is 4.12 Å². The zero-order valence-corrected chi connectivity index (χ0v) is 9.40. The van der Waals surface area contributed by atoms with Crippen LogP contribution in [0.2, 0.25) is 0 Å². The van der Waals surface area contributed by atoms with Crippen molar-refractivity contribution in [2.24, 2.45) is 0 Å². The van der Waals surface area contributed by atoms with Crippen LogP contribution in [0.1, 0.15) is 13.3 Å². The highest BCUT2D eigenvalue weighted by atomic mass is 28.3. The van der Waals surface area contributed by atoms with Crippen LogP contribution in [-0.4, -0.2) is 21.0 Å². The van der Waals surface area contributed by atoms with Crippen LogP contribution in [0.4, 0.5) is 0 Å². The number of allylic oxidation sites excluding steroid dienone is 1. The summed E-state index contributed by atoms with van der Waals surface area (Å²) >= 11 is 0. The molecule has 0 atom stereocenters. The van der Waals surface area contributed by atoms with Crippen molar-refractivity contribution in [1.29, 1.82) is 0 Å². The SMILES string of the molecule is C=CCC.[SiH3]O[SiH3]. The topological polar surface area (TPSA) is 9.23 Å². The van der Waals surface area contributed by atoms with E-state index < -0.39 is 0 Å². The monoisotopic (exact) mass is 134 g/mol. The van der Waals surface area contributed by atoms with Crippen LogP contribution in [0.3, 0.4) is 0 Å². The van der Waals surface area contributed by atoms with Gasteiger partial charge in [0, 0.05) is 0 Å². The molecule has 0 aromatic heterocycles. The van der Waals surface area contributed by atoms with Gasteiger partial charge in [-0.05, 0) is 6.42 Å². The van der Waals surface area contributed by atoms with Crippen molar-refractivity contribution in [3.63, 3.8) is 0 Å². The van der Waals surface area contributed by atoms with Gasteiger partial charge in [0.25, 0.3) is 0 Å². The molecular weight excluding hydrogens is 120 g/mol. The fraction of sp³-hybridized carbons (Fsp3) is 0.500. The molecule has 44 valence electrons. The molecule has 0 aliphatic heterocycles. The first-order valence-corrected chi connectivity index (χ1v) is 3.97. The van der Waals surface area contributed by atoms with Crippen LogP contribution in [-0.2, 0) is 4.12 Å². The second-order valence-electron chi connectivity index (χ2n) is 1.11. The molecule has 0 aliphatic carbocycles. The molecule has 7 heavy (non-hydrogen) atoms. The summed E-state index contributed by atoms with van der Waals surface area (Å²) in [5, 5.41) is 0. The summed E-state index contributed by atoms with van der Waals surface area (Å²) in [4.78, 5) is 0. The van der Waals surface area contributed by atoms with Gasteiger partial charge in [-0.25, -0.2) is 0 Å². The van der Waals surface area contributed by atoms with Gasteiger partial charge in [0.1, 0.15) is 21.0 Å². The van der Waals surface area contributed by atoms with Gasteiger partial charge in [-0.15, -0.1) is 6.58 Å². The first-order valence-electron chi connectivity index (χ1n) is 2.34. The van der Waals surface area contributed by atoms with Crippen LogP contribution in [0.15, 0.2) is 12.7 Å². The summed E-state index contributed by atoms with van der Waals surface area (Å²) in [5.41, 5.74) is 0. The van der Waals surface area contributed by atoms with E-state index in [1.54, 1.807) is 0 Å². The van der Waals surface area contributed by atoms with E-state index in [0.29, 0.717) is 0 Å². The summed E-state index contributed by atoms with van der Waals surface area (Å²) in [6.07, 6.45) is 2.96. The Labute approximate surface area is 51.9 Å². The van der Waals surface area contributed by atoms with E-state index >= 15 is 0 Å². The number of hydrogen-bond acceptors (Lipinski definition) is 1. The zero-order valence-electron chi connectivity index (χ0n) is 5.40. The molecule has 0 heterocycles. The lowest BCUT2D eigenvalue weighted by Crippen LogP contribution is -1.65. The third kappa shape index (κ3) is 81.5. The van der Waals surface area contributed by atoms with Gasteiger partial charge in [0.05, 0.1) is 0 Å². The van der Waals surface area contributed by atoms with E-state index in [0.717, 1.165) is 27.4 Å². The van der Waals surface area contributed by atoms with Gasteiger partial charge in [-0.3, -0.25) is 0 Å². The van der Waals surface area contributed by atoms with Crippen LogP contribution >= 0.6 is 0 Å². The molecule has 0 fully saturated rings. The summed E-state index contributed by atoms with van der Waals surface area (Å²) in [6.45, 7) is 5.54. The maximum absolute atomic E-state index is 4.53. The van der Waals surface area contributed by atoms with E-state index in [1.165, 1.54) is 0 Å². The summed E-state index contributed by atoms with van der Waals surface area (Å²) in [6, 6.07) is 0. The van der Waals surface area contributed by atoms with Gasteiger partial charge in [-0.2, -0.15) is 0 Å². The summed E-state index contributed by atoms with van der Waals surface area (Å²) < 4.78 is 4.53. The van der Waals surface area contributed by atoms with Crippen molar-refractivity contribution < 1.29 is 4.12 Å². The van der Waals surface area contributed by atoms with Crippen molar-refractivity contribution in [3.05, 3.63) is 12.7 Å². The number of rotatable bonds is 1. The van der Waals surface area contributed by atoms with E-state index in [2.05, 4.69) is 17.6 Å². The van der Waals surface area contributed by atoms with E-state index in [4.69, 9.17) is 0 Å². The molecule has 0 saturated heterocycles. The average molecular weight is 134 g/mol. The summed E-state index contributed by atoms with van der Waals surface area (Å²) in [5.74, 6) is 0. The molecule has 0 amide bonds. The van der Waals surface area contributed by atoms with Crippen LogP contribution < -0.4 is 0 Å². The second-order valence-corrected chi connectivity index (χ2v) is 4.37. The second kappa shape index (κ2) is 16.5. The van der Waals surface area contributed by atoms with Crippen molar-refractivity contribution in [1.82, 2.24) is 0 Å². The zero-order chi connectivity index (χ0) is 6.12. The maximum atomic E-state index is 4.53. The highest BCUT2D eigenvalue weighted by molar-refractivity contribution is 6.15. The van der Waals surface area contributed by atoms with Crippen molar-refractivity contribution >= 4 is 21.0 Å². The average Bonchev–Trinajstić information content (AvgIpc) is 1.69. The van der Waals surface area contributed by atoms with Crippen molar-refractivity contribution in [2.45, 2.75) is 13.3 Å². The van der Waals surface area contributed by atoms with Crippen LogP contribution in [0.5, 0.6) is 0 Å². The Balaban J connectivity index is 0. The van der Waals surface area contributed by atoms with E-state index in [-0.39, 0.29) is 0 Å². The molecule has 0 saturated carbocycles. The third-order valence-corrected chi connectivity index (χ3v) is 0.289. The standard InChI is InChI=1S/C4H8.H6OSi2/c1-3-4-2;2-1-3/h3H,1,4H2,2H3;2-3H3. The molecule has 3 heteroatoms. The molecule has 0 rings (SSSR count). The quantitative estimate of drug-likeness (QED) is 0.335. The van der Waals surface area contributed by atoms with E-state index in [1.807, 2.05) is 6.08 Å². The van der Waals surface area contributed by atoms with E-state index in [9.17, 15) is 0 Å². The Bertz CT molecular complexity index is 30.9. The summed E-state index contributed by atoms with van der Waals surface area (Å²) in [7, 11) is 1.86. The molecule has 0 spiro atoms. The van der Waals surface area contributed by atoms with Crippen LogP contribution in [0, 0.1) is 0 Å². The van der Waals surface area contributed by atoms with Gasteiger partial charge in [0.2, 0.25) is 0 Å². The molecule has 0 aromatic rings. The lowest BCUT2D eigenvalue weighted by Gasteiger charge is -1.62.